The monoisotopic (exact) mass is 504 g/mol. The number of carbonyl (C=O) groups is 2. The van der Waals surface area contributed by atoms with Gasteiger partial charge in [-0.15, -0.1) is 10.2 Å². The Hall–Kier alpha value is -4.02. The minimum Gasteiger partial charge on any atom is -0.465 e. The molecule has 0 radical (unpaired) electrons. The molecule has 0 fully saturated rings. The quantitative estimate of drug-likeness (QED) is 0.539. The highest BCUT2D eigenvalue weighted by Crippen LogP contribution is 2.34. The average Bonchev–Trinajstić information content (AvgIpc) is 3.46. The van der Waals surface area contributed by atoms with Gasteiger partial charge in [-0.3, -0.25) is 9.69 Å². The molecule has 1 N–H and O–H groups in total. The van der Waals surface area contributed by atoms with Crippen LogP contribution in [-0.2, 0) is 19.6 Å². The Balaban J connectivity index is 1.52. The Labute approximate surface area is 215 Å². The predicted octanol–water partition coefficient (Wildman–Crippen LogP) is 3.75. The molecule has 0 saturated carbocycles. The van der Waals surface area contributed by atoms with Gasteiger partial charge in [-0.1, -0.05) is 13.0 Å². The highest BCUT2D eigenvalue weighted by molar-refractivity contribution is 6.10. The topological polar surface area (TPSA) is 121 Å². The zero-order chi connectivity index (χ0) is 26.4. The van der Waals surface area contributed by atoms with Crippen LogP contribution in [0.15, 0.2) is 24.3 Å². The average molecular weight is 505 g/mol. The van der Waals surface area contributed by atoms with Crippen LogP contribution in [-0.4, -0.2) is 66.9 Å². The van der Waals surface area contributed by atoms with Gasteiger partial charge in [0.2, 0.25) is 0 Å². The van der Waals surface area contributed by atoms with Gasteiger partial charge in [0, 0.05) is 38.2 Å². The van der Waals surface area contributed by atoms with Crippen LogP contribution in [0.25, 0.3) is 11.5 Å². The van der Waals surface area contributed by atoms with Crippen molar-refractivity contribution < 1.29 is 14.7 Å². The van der Waals surface area contributed by atoms with Crippen LogP contribution in [0.3, 0.4) is 0 Å². The van der Waals surface area contributed by atoms with Crippen molar-refractivity contribution >= 4 is 23.6 Å². The first-order chi connectivity index (χ1) is 17.7. The lowest BCUT2D eigenvalue weighted by Crippen LogP contribution is -2.29. The molecule has 0 aromatic carbocycles. The number of amides is 2. The summed E-state index contributed by atoms with van der Waals surface area (Å²) < 4.78 is 2.12. The lowest BCUT2D eigenvalue weighted by atomic mass is 10.0. The second-order valence-corrected chi connectivity index (χ2v) is 10.1. The molecule has 0 aliphatic carbocycles. The third-order valence-corrected chi connectivity index (χ3v) is 7.32. The molecule has 5 heterocycles. The highest BCUT2D eigenvalue weighted by atomic mass is 16.4. The number of pyridine rings is 2. The Morgan fingerprint density at radius 3 is 2.73 bits per heavy atom. The second kappa shape index (κ2) is 9.45. The molecular formula is C26H32N8O3. The molecule has 2 amide bonds. The lowest BCUT2D eigenvalue weighted by Gasteiger charge is -2.24. The van der Waals surface area contributed by atoms with E-state index in [4.69, 9.17) is 9.97 Å². The van der Waals surface area contributed by atoms with E-state index in [1.54, 1.807) is 17.0 Å². The first-order valence-electron chi connectivity index (χ1n) is 12.6. The van der Waals surface area contributed by atoms with E-state index in [0.717, 1.165) is 30.8 Å². The summed E-state index contributed by atoms with van der Waals surface area (Å²) in [6.45, 7) is 7.42. The van der Waals surface area contributed by atoms with Crippen molar-refractivity contribution in [3.05, 3.63) is 46.9 Å². The van der Waals surface area contributed by atoms with Crippen molar-refractivity contribution in [2.75, 3.05) is 23.9 Å². The van der Waals surface area contributed by atoms with E-state index < -0.39 is 6.09 Å². The highest BCUT2D eigenvalue weighted by Gasteiger charge is 2.34. The number of carboxylic acid groups (broad SMARTS) is 1. The minimum atomic E-state index is -1.06. The molecule has 11 nitrogen and oxygen atoms in total. The van der Waals surface area contributed by atoms with E-state index in [-0.39, 0.29) is 25.0 Å². The summed E-state index contributed by atoms with van der Waals surface area (Å²) in [4.78, 5) is 39.5. The number of hydrogen-bond donors (Lipinski definition) is 1. The van der Waals surface area contributed by atoms with Gasteiger partial charge in [-0.25, -0.2) is 14.8 Å². The van der Waals surface area contributed by atoms with Crippen LogP contribution >= 0.6 is 0 Å². The predicted molar refractivity (Wildman–Crippen MR) is 139 cm³/mol. The van der Waals surface area contributed by atoms with Crippen molar-refractivity contribution in [1.29, 1.82) is 0 Å². The fourth-order valence-corrected chi connectivity index (χ4v) is 4.88. The molecule has 194 valence electrons. The van der Waals surface area contributed by atoms with Crippen molar-refractivity contribution in [2.45, 2.75) is 65.2 Å². The van der Waals surface area contributed by atoms with Gasteiger partial charge in [0.1, 0.15) is 23.2 Å². The summed E-state index contributed by atoms with van der Waals surface area (Å²) >= 11 is 0. The number of aromatic nitrogens is 5. The number of rotatable bonds is 6. The molecule has 11 heteroatoms. The van der Waals surface area contributed by atoms with E-state index >= 15 is 0 Å². The molecule has 1 unspecified atom stereocenters. The van der Waals surface area contributed by atoms with E-state index in [1.807, 2.05) is 37.9 Å². The van der Waals surface area contributed by atoms with Crippen LogP contribution in [0.2, 0.25) is 0 Å². The number of nitrogens with zero attached hydrogens (tertiary/aromatic N) is 8. The molecule has 2 aliphatic heterocycles. The summed E-state index contributed by atoms with van der Waals surface area (Å²) in [5.74, 6) is 2.98. The van der Waals surface area contributed by atoms with Crippen LogP contribution in [0, 0.1) is 0 Å². The zero-order valence-electron chi connectivity index (χ0n) is 21.8. The van der Waals surface area contributed by atoms with E-state index in [1.165, 1.54) is 11.9 Å². The largest absolute Gasteiger partial charge is 0.465 e. The van der Waals surface area contributed by atoms with Gasteiger partial charge in [-0.2, -0.15) is 0 Å². The number of fused-ring (bicyclic) bond motifs is 2. The smallest absolute Gasteiger partial charge is 0.407 e. The van der Waals surface area contributed by atoms with Crippen LogP contribution in [0.1, 0.15) is 67.0 Å². The summed E-state index contributed by atoms with van der Waals surface area (Å²) in [6.07, 6.45) is 1.10. The van der Waals surface area contributed by atoms with Gasteiger partial charge < -0.3 is 19.5 Å². The molecular weight excluding hydrogens is 472 g/mol. The Morgan fingerprint density at radius 2 is 2.00 bits per heavy atom. The summed E-state index contributed by atoms with van der Waals surface area (Å²) in [7, 11) is 3.40. The first kappa shape index (κ1) is 24.7. The van der Waals surface area contributed by atoms with E-state index in [0.29, 0.717) is 40.3 Å². The Kier molecular flexibility index (Phi) is 6.30. The minimum absolute atomic E-state index is 0.0795. The van der Waals surface area contributed by atoms with Crippen LogP contribution in [0.5, 0.6) is 0 Å². The molecule has 0 spiro atoms. The molecule has 5 rings (SSSR count). The third-order valence-electron chi connectivity index (χ3n) is 7.32. The number of carbonyl (C=O) groups excluding carboxylic acids is 1. The fourth-order valence-electron chi connectivity index (χ4n) is 4.88. The molecule has 3 aromatic rings. The third kappa shape index (κ3) is 4.38. The molecule has 0 saturated heterocycles. The van der Waals surface area contributed by atoms with Gasteiger partial charge in [0.15, 0.2) is 5.82 Å². The fraction of sp³-hybridized carbons (Fsp3) is 0.462. The van der Waals surface area contributed by atoms with Gasteiger partial charge in [0.25, 0.3) is 5.91 Å². The number of hydrogen-bond acceptors (Lipinski definition) is 7. The standard InChI is InChI=1S/C26H32N8O3/c1-15(2)32(5)22-12-17-18(20(28-22)14-31(4)26(36)37)13-34(25(17)35)21-10-6-9-19(27-21)24-30-29-23-16(3)8-7-11-33(23)24/h6,9-10,12,15-16H,7-8,11,13-14H2,1-5H3,(H,36,37). The van der Waals surface area contributed by atoms with Gasteiger partial charge in [0.05, 0.1) is 24.3 Å². The van der Waals surface area contributed by atoms with E-state index in [9.17, 15) is 14.7 Å². The zero-order valence-corrected chi connectivity index (χ0v) is 21.8. The van der Waals surface area contributed by atoms with Gasteiger partial charge >= 0.3 is 6.09 Å². The van der Waals surface area contributed by atoms with Crippen molar-refractivity contribution in [3.8, 4) is 11.5 Å². The van der Waals surface area contributed by atoms with Gasteiger partial charge in [-0.05, 0) is 44.9 Å². The van der Waals surface area contributed by atoms with Crippen molar-refractivity contribution in [3.63, 3.8) is 0 Å². The van der Waals surface area contributed by atoms with E-state index in [2.05, 4.69) is 21.7 Å². The molecule has 0 bridgehead atoms. The normalized spacial score (nSPS) is 16.6. The van der Waals surface area contributed by atoms with Crippen LogP contribution < -0.4 is 9.80 Å². The lowest BCUT2D eigenvalue weighted by molar-refractivity contribution is 0.0996. The summed E-state index contributed by atoms with van der Waals surface area (Å²) in [5, 5.41) is 18.3. The number of anilines is 2. The maximum atomic E-state index is 13.7. The van der Waals surface area contributed by atoms with Crippen molar-refractivity contribution in [2.24, 2.45) is 0 Å². The summed E-state index contributed by atoms with van der Waals surface area (Å²) in [5.41, 5.74) is 2.47. The Morgan fingerprint density at radius 1 is 1.22 bits per heavy atom. The van der Waals surface area contributed by atoms with Crippen molar-refractivity contribution in [1.82, 2.24) is 29.6 Å². The SMILES string of the molecule is CC1CCCn2c(-c3cccc(N4Cc5c(cc(N(C)C(C)C)nc5CN(C)C(=O)O)C4=O)n3)nnc21. The maximum absolute atomic E-state index is 13.7. The Bertz CT molecular complexity index is 1370. The first-order valence-corrected chi connectivity index (χ1v) is 12.6. The second-order valence-electron chi connectivity index (χ2n) is 10.1. The summed E-state index contributed by atoms with van der Waals surface area (Å²) in [6, 6.07) is 7.51. The molecule has 1 atom stereocenters. The molecule has 3 aromatic heterocycles. The molecule has 37 heavy (non-hydrogen) atoms. The van der Waals surface area contributed by atoms with Crippen LogP contribution in [0.4, 0.5) is 16.4 Å². The molecule has 2 aliphatic rings. The maximum Gasteiger partial charge on any atom is 0.407 e.